The van der Waals surface area contributed by atoms with Crippen molar-refractivity contribution in [2.45, 2.75) is 13.3 Å². The Morgan fingerprint density at radius 3 is 2.71 bits per heavy atom. The van der Waals surface area contributed by atoms with E-state index in [1.165, 1.54) is 13.0 Å². The van der Waals surface area contributed by atoms with E-state index in [9.17, 15) is 9.59 Å². The molecule has 0 atom stereocenters. The second-order valence-corrected chi connectivity index (χ2v) is 5.38. The Labute approximate surface area is 139 Å². The minimum absolute atomic E-state index is 0.222. The molecule has 0 saturated heterocycles. The number of carbonyl (C=O) groups is 2. The number of furan rings is 1. The maximum absolute atomic E-state index is 12.2. The van der Waals surface area contributed by atoms with Crippen LogP contribution in [-0.2, 0) is 11.2 Å². The molecule has 0 bridgehead atoms. The number of hydrogen-bond acceptors (Lipinski definition) is 4. The molecule has 0 aliphatic carbocycles. The Hall–Kier alpha value is -3.08. The Balaban J connectivity index is 1.58. The van der Waals surface area contributed by atoms with Crippen LogP contribution in [0.5, 0.6) is 5.75 Å². The van der Waals surface area contributed by atoms with E-state index in [-0.39, 0.29) is 5.91 Å². The lowest BCUT2D eigenvalue weighted by Crippen LogP contribution is -2.25. The fourth-order valence-corrected chi connectivity index (χ4v) is 2.43. The van der Waals surface area contributed by atoms with Crippen LogP contribution in [0.2, 0.25) is 0 Å². The average molecular weight is 323 g/mol. The predicted molar refractivity (Wildman–Crippen MR) is 90.0 cm³/mol. The third-order valence-corrected chi connectivity index (χ3v) is 3.49. The topological polar surface area (TPSA) is 68.5 Å². The predicted octanol–water partition coefficient (Wildman–Crippen LogP) is 3.33. The molecule has 122 valence electrons. The summed E-state index contributed by atoms with van der Waals surface area (Å²) in [7, 11) is 0. The van der Waals surface area contributed by atoms with Crippen LogP contribution >= 0.6 is 0 Å². The summed E-state index contributed by atoms with van der Waals surface area (Å²) >= 11 is 0. The number of hydrogen-bond donors (Lipinski definition) is 1. The van der Waals surface area contributed by atoms with E-state index in [0.717, 1.165) is 16.7 Å². The highest BCUT2D eigenvalue weighted by Gasteiger charge is 2.08. The summed E-state index contributed by atoms with van der Waals surface area (Å²) < 4.78 is 10.7. The molecule has 24 heavy (non-hydrogen) atoms. The Kier molecular flexibility index (Phi) is 4.61. The number of rotatable bonds is 5. The molecule has 1 heterocycles. The normalized spacial score (nSPS) is 10.5. The molecule has 0 spiro atoms. The lowest BCUT2D eigenvalue weighted by atomic mass is 10.2. The van der Waals surface area contributed by atoms with Gasteiger partial charge in [0.25, 0.3) is 5.91 Å². The van der Waals surface area contributed by atoms with Crippen molar-refractivity contribution < 1.29 is 18.7 Å². The zero-order valence-corrected chi connectivity index (χ0v) is 13.2. The smallest absolute Gasteiger partial charge is 0.308 e. The largest absolute Gasteiger partial charge is 0.461 e. The number of benzene rings is 2. The number of amides is 1. The maximum atomic E-state index is 12.2. The van der Waals surface area contributed by atoms with Crippen LogP contribution < -0.4 is 10.1 Å². The number of nitrogens with one attached hydrogen (secondary N) is 1. The number of fused-ring (bicyclic) bond motifs is 1. The molecular weight excluding hydrogens is 306 g/mol. The molecule has 0 fully saturated rings. The van der Waals surface area contributed by atoms with E-state index >= 15 is 0 Å². The summed E-state index contributed by atoms with van der Waals surface area (Å²) in [4.78, 5) is 23.1. The zero-order chi connectivity index (χ0) is 16.9. The van der Waals surface area contributed by atoms with Gasteiger partial charge in [0.1, 0.15) is 17.1 Å². The summed E-state index contributed by atoms with van der Waals surface area (Å²) in [5.41, 5.74) is 1.28. The Morgan fingerprint density at radius 2 is 1.92 bits per heavy atom. The SMILES string of the molecule is CC(=O)Oc1cccc(C(=O)NCCc2cc3ccccc3o2)c1. The summed E-state index contributed by atoms with van der Waals surface area (Å²) in [5, 5.41) is 3.88. The van der Waals surface area contributed by atoms with Gasteiger partial charge in [-0.15, -0.1) is 0 Å². The molecule has 5 heteroatoms. The van der Waals surface area contributed by atoms with Gasteiger partial charge in [-0.2, -0.15) is 0 Å². The van der Waals surface area contributed by atoms with Gasteiger partial charge in [0.2, 0.25) is 0 Å². The molecule has 5 nitrogen and oxygen atoms in total. The first-order chi connectivity index (χ1) is 11.6. The van der Waals surface area contributed by atoms with Gasteiger partial charge < -0.3 is 14.5 Å². The second kappa shape index (κ2) is 7.00. The van der Waals surface area contributed by atoms with E-state index in [4.69, 9.17) is 9.15 Å². The molecule has 0 saturated carbocycles. The van der Waals surface area contributed by atoms with E-state index < -0.39 is 5.97 Å². The fourth-order valence-electron chi connectivity index (χ4n) is 2.43. The molecule has 0 aliphatic rings. The van der Waals surface area contributed by atoms with Crippen LogP contribution in [0.1, 0.15) is 23.0 Å². The monoisotopic (exact) mass is 323 g/mol. The first kappa shape index (κ1) is 15.8. The Bertz CT molecular complexity index is 849. The molecule has 1 amide bonds. The van der Waals surface area contributed by atoms with E-state index in [2.05, 4.69) is 5.32 Å². The summed E-state index contributed by atoms with van der Waals surface area (Å²) in [6.45, 7) is 1.77. The van der Waals surface area contributed by atoms with Gasteiger partial charge in [-0.05, 0) is 30.3 Å². The van der Waals surface area contributed by atoms with Gasteiger partial charge in [0.15, 0.2) is 0 Å². The van der Waals surface area contributed by atoms with Gasteiger partial charge in [-0.3, -0.25) is 9.59 Å². The van der Waals surface area contributed by atoms with Crippen molar-refractivity contribution in [1.82, 2.24) is 5.32 Å². The molecule has 0 aliphatic heterocycles. The molecule has 2 aromatic carbocycles. The molecule has 1 N–H and O–H groups in total. The van der Waals surface area contributed by atoms with Crippen molar-refractivity contribution in [1.29, 1.82) is 0 Å². The van der Waals surface area contributed by atoms with Crippen LogP contribution in [-0.4, -0.2) is 18.4 Å². The van der Waals surface area contributed by atoms with E-state index in [0.29, 0.717) is 24.3 Å². The van der Waals surface area contributed by atoms with E-state index in [1.807, 2.05) is 30.3 Å². The Morgan fingerprint density at radius 1 is 1.08 bits per heavy atom. The molecule has 0 radical (unpaired) electrons. The van der Waals surface area contributed by atoms with Crippen LogP contribution in [0.4, 0.5) is 0 Å². The number of ether oxygens (including phenoxy) is 1. The lowest BCUT2D eigenvalue weighted by molar-refractivity contribution is -0.131. The van der Waals surface area contributed by atoms with E-state index in [1.54, 1.807) is 18.2 Å². The first-order valence-electron chi connectivity index (χ1n) is 7.66. The highest BCUT2D eigenvalue weighted by molar-refractivity contribution is 5.94. The summed E-state index contributed by atoms with van der Waals surface area (Å²) in [5.74, 6) is 0.537. The standard InChI is InChI=1S/C19H17NO4/c1-13(21)23-16-7-4-6-15(12-16)19(22)20-10-9-17-11-14-5-2-3-8-18(14)24-17/h2-8,11-12H,9-10H2,1H3,(H,20,22). The lowest BCUT2D eigenvalue weighted by Gasteiger charge is -2.06. The number of carbonyl (C=O) groups excluding carboxylic acids is 2. The number of para-hydroxylation sites is 1. The zero-order valence-electron chi connectivity index (χ0n) is 13.2. The van der Waals surface area contributed by atoms with Crippen molar-refractivity contribution in [2.75, 3.05) is 6.54 Å². The number of esters is 1. The van der Waals surface area contributed by atoms with Crippen molar-refractivity contribution in [2.24, 2.45) is 0 Å². The van der Waals surface area contributed by atoms with Crippen LogP contribution in [0.25, 0.3) is 11.0 Å². The molecule has 3 rings (SSSR count). The molecule has 3 aromatic rings. The maximum Gasteiger partial charge on any atom is 0.308 e. The molecule has 0 unspecified atom stereocenters. The summed E-state index contributed by atoms with van der Waals surface area (Å²) in [6.07, 6.45) is 0.601. The van der Waals surface area contributed by atoms with Gasteiger partial charge in [-0.25, -0.2) is 0 Å². The highest BCUT2D eigenvalue weighted by atomic mass is 16.5. The quantitative estimate of drug-likeness (QED) is 0.577. The van der Waals surface area contributed by atoms with Crippen LogP contribution in [0.15, 0.2) is 59.0 Å². The van der Waals surface area contributed by atoms with Gasteiger partial charge in [-0.1, -0.05) is 24.3 Å². The van der Waals surface area contributed by atoms with Gasteiger partial charge >= 0.3 is 5.97 Å². The van der Waals surface area contributed by atoms with Crippen molar-refractivity contribution >= 4 is 22.8 Å². The van der Waals surface area contributed by atoms with Crippen LogP contribution in [0.3, 0.4) is 0 Å². The first-order valence-corrected chi connectivity index (χ1v) is 7.66. The van der Waals surface area contributed by atoms with Crippen molar-refractivity contribution in [3.05, 3.63) is 65.9 Å². The third-order valence-electron chi connectivity index (χ3n) is 3.49. The minimum Gasteiger partial charge on any atom is -0.461 e. The van der Waals surface area contributed by atoms with Gasteiger partial charge in [0.05, 0.1) is 0 Å². The minimum atomic E-state index is -0.419. The summed E-state index contributed by atoms with van der Waals surface area (Å²) in [6, 6.07) is 16.3. The molecule has 1 aromatic heterocycles. The second-order valence-electron chi connectivity index (χ2n) is 5.38. The highest BCUT2D eigenvalue weighted by Crippen LogP contribution is 2.19. The van der Waals surface area contributed by atoms with Crippen molar-refractivity contribution in [3.8, 4) is 5.75 Å². The third kappa shape index (κ3) is 3.81. The van der Waals surface area contributed by atoms with Crippen LogP contribution in [0, 0.1) is 0 Å². The van der Waals surface area contributed by atoms with Crippen molar-refractivity contribution in [3.63, 3.8) is 0 Å². The van der Waals surface area contributed by atoms with Gasteiger partial charge in [0, 0.05) is 30.8 Å². The average Bonchev–Trinajstić information content (AvgIpc) is 2.97. The fraction of sp³-hybridized carbons (Fsp3) is 0.158. The molecular formula is C19H17NO4.